The van der Waals surface area contributed by atoms with Gasteiger partial charge in [-0.15, -0.1) is 5.10 Å². The van der Waals surface area contributed by atoms with Gasteiger partial charge in [-0.25, -0.2) is 4.68 Å². The van der Waals surface area contributed by atoms with Crippen molar-refractivity contribution in [2.75, 3.05) is 6.54 Å². The van der Waals surface area contributed by atoms with E-state index in [4.69, 9.17) is 0 Å². The third-order valence-corrected chi connectivity index (χ3v) is 4.77. The molecule has 22 heavy (non-hydrogen) atoms. The van der Waals surface area contributed by atoms with Gasteiger partial charge in [0.25, 0.3) is 0 Å². The van der Waals surface area contributed by atoms with Gasteiger partial charge in [0.15, 0.2) is 5.82 Å². The smallest absolute Gasteiger partial charge is 0.172 e. The maximum atomic E-state index is 4.41. The van der Waals surface area contributed by atoms with Crippen molar-refractivity contribution in [3.63, 3.8) is 0 Å². The number of piperidine rings is 1. The molecule has 5 heteroatoms. The summed E-state index contributed by atoms with van der Waals surface area (Å²) in [6, 6.07) is 10.4. The molecule has 1 aromatic heterocycles. The highest BCUT2D eigenvalue weighted by atomic mass is 15.6. The van der Waals surface area contributed by atoms with E-state index in [1.54, 1.807) is 0 Å². The molecule has 1 aliphatic rings. The SMILES string of the molecule is CC(C)(C)C1(c2nnnn2Cc2ccccc2)CCCCN1. The molecule has 0 saturated carbocycles. The van der Waals surface area contributed by atoms with Crippen LogP contribution in [0.15, 0.2) is 30.3 Å². The predicted octanol–water partition coefficient (Wildman–Crippen LogP) is 2.74. The Balaban J connectivity index is 1.98. The van der Waals surface area contributed by atoms with Crippen LogP contribution in [0.1, 0.15) is 51.4 Å². The zero-order valence-electron chi connectivity index (χ0n) is 13.7. The van der Waals surface area contributed by atoms with E-state index in [2.05, 4.69) is 65.9 Å². The molecule has 0 spiro atoms. The molecule has 2 heterocycles. The largest absolute Gasteiger partial charge is 0.304 e. The second kappa shape index (κ2) is 5.80. The lowest BCUT2D eigenvalue weighted by Gasteiger charge is -2.47. The Labute approximate surface area is 132 Å². The van der Waals surface area contributed by atoms with Crippen LogP contribution in [-0.2, 0) is 12.1 Å². The lowest BCUT2D eigenvalue weighted by molar-refractivity contribution is 0.0854. The van der Waals surface area contributed by atoms with Crippen LogP contribution in [-0.4, -0.2) is 26.8 Å². The third-order valence-electron chi connectivity index (χ3n) is 4.77. The summed E-state index contributed by atoms with van der Waals surface area (Å²) in [6.07, 6.45) is 3.51. The van der Waals surface area contributed by atoms with Crippen molar-refractivity contribution >= 4 is 0 Å². The fourth-order valence-corrected chi connectivity index (χ4v) is 3.44. The molecule has 5 nitrogen and oxygen atoms in total. The van der Waals surface area contributed by atoms with E-state index < -0.39 is 0 Å². The Morgan fingerprint density at radius 3 is 2.59 bits per heavy atom. The first kappa shape index (κ1) is 15.2. The van der Waals surface area contributed by atoms with Gasteiger partial charge >= 0.3 is 0 Å². The van der Waals surface area contributed by atoms with Gasteiger partial charge in [0.2, 0.25) is 0 Å². The van der Waals surface area contributed by atoms with Crippen LogP contribution in [0.5, 0.6) is 0 Å². The molecule has 3 rings (SSSR count). The van der Waals surface area contributed by atoms with Crippen molar-refractivity contribution in [1.29, 1.82) is 0 Å². The molecule has 0 aliphatic carbocycles. The summed E-state index contributed by atoms with van der Waals surface area (Å²) in [6.45, 7) is 8.55. The second-order valence-electron chi connectivity index (χ2n) is 7.18. The first-order valence-corrected chi connectivity index (χ1v) is 8.08. The zero-order valence-corrected chi connectivity index (χ0v) is 13.7. The van der Waals surface area contributed by atoms with Crippen LogP contribution >= 0.6 is 0 Å². The number of nitrogens with one attached hydrogen (secondary N) is 1. The van der Waals surface area contributed by atoms with E-state index in [0.717, 1.165) is 18.8 Å². The molecule has 118 valence electrons. The summed E-state index contributed by atoms with van der Waals surface area (Å²) < 4.78 is 1.96. The molecule has 1 aliphatic heterocycles. The van der Waals surface area contributed by atoms with Gasteiger partial charge < -0.3 is 5.32 Å². The minimum atomic E-state index is -0.163. The molecule has 0 amide bonds. The van der Waals surface area contributed by atoms with Crippen LogP contribution in [0.25, 0.3) is 0 Å². The number of hydrogen-bond acceptors (Lipinski definition) is 4. The molecule has 1 aromatic carbocycles. The van der Waals surface area contributed by atoms with Gasteiger partial charge in [-0.1, -0.05) is 51.1 Å². The monoisotopic (exact) mass is 299 g/mol. The Kier molecular flexibility index (Phi) is 4.00. The summed E-state index contributed by atoms with van der Waals surface area (Å²) in [4.78, 5) is 0. The maximum Gasteiger partial charge on any atom is 0.172 e. The van der Waals surface area contributed by atoms with Crippen molar-refractivity contribution in [1.82, 2.24) is 25.5 Å². The highest BCUT2D eigenvalue weighted by molar-refractivity contribution is 5.17. The minimum absolute atomic E-state index is 0.0522. The standard InChI is InChI=1S/C17H25N5/c1-16(2,3)17(11-7-8-12-18-17)15-19-20-21-22(15)13-14-9-5-4-6-10-14/h4-6,9-10,18H,7-8,11-13H2,1-3H3. The molecular weight excluding hydrogens is 274 g/mol. The van der Waals surface area contributed by atoms with Crippen molar-refractivity contribution in [2.45, 2.75) is 52.1 Å². The van der Waals surface area contributed by atoms with Gasteiger partial charge in [0, 0.05) is 0 Å². The average molecular weight is 299 g/mol. The number of tetrazole rings is 1. The first-order chi connectivity index (χ1) is 10.5. The second-order valence-corrected chi connectivity index (χ2v) is 7.18. The van der Waals surface area contributed by atoms with Gasteiger partial charge in [-0.3, -0.25) is 0 Å². The lowest BCUT2D eigenvalue weighted by Crippen LogP contribution is -2.56. The molecular formula is C17H25N5. The number of aromatic nitrogens is 4. The predicted molar refractivity (Wildman–Crippen MR) is 86.3 cm³/mol. The summed E-state index contributed by atoms with van der Waals surface area (Å²) in [7, 11) is 0. The van der Waals surface area contributed by atoms with Crippen LogP contribution in [0.2, 0.25) is 0 Å². The van der Waals surface area contributed by atoms with Crippen LogP contribution < -0.4 is 5.32 Å². The van der Waals surface area contributed by atoms with Gasteiger partial charge in [0.05, 0.1) is 12.1 Å². The van der Waals surface area contributed by atoms with E-state index in [-0.39, 0.29) is 11.0 Å². The zero-order chi connectivity index (χ0) is 15.6. The number of rotatable bonds is 3. The Hall–Kier alpha value is -1.75. The Bertz CT molecular complexity index is 605. The van der Waals surface area contributed by atoms with Crippen molar-refractivity contribution in [3.8, 4) is 0 Å². The number of benzene rings is 1. The molecule has 2 aromatic rings. The van der Waals surface area contributed by atoms with Crippen LogP contribution in [0.3, 0.4) is 0 Å². The molecule has 1 fully saturated rings. The van der Waals surface area contributed by atoms with Gasteiger partial charge in [-0.2, -0.15) is 0 Å². The summed E-state index contributed by atoms with van der Waals surface area (Å²) in [5, 5.41) is 16.4. The third kappa shape index (κ3) is 2.65. The highest BCUT2D eigenvalue weighted by Gasteiger charge is 2.47. The van der Waals surface area contributed by atoms with E-state index in [9.17, 15) is 0 Å². The van der Waals surface area contributed by atoms with E-state index >= 15 is 0 Å². The molecule has 1 unspecified atom stereocenters. The summed E-state index contributed by atoms with van der Waals surface area (Å²) in [5.74, 6) is 0.962. The minimum Gasteiger partial charge on any atom is -0.304 e. The van der Waals surface area contributed by atoms with E-state index in [0.29, 0.717) is 6.54 Å². The van der Waals surface area contributed by atoms with Crippen molar-refractivity contribution in [2.24, 2.45) is 5.41 Å². The molecule has 0 radical (unpaired) electrons. The quantitative estimate of drug-likeness (QED) is 0.947. The molecule has 0 bridgehead atoms. The topological polar surface area (TPSA) is 55.6 Å². The van der Waals surface area contributed by atoms with Crippen molar-refractivity contribution in [3.05, 3.63) is 41.7 Å². The molecule has 1 saturated heterocycles. The Morgan fingerprint density at radius 2 is 1.95 bits per heavy atom. The molecule has 1 N–H and O–H groups in total. The summed E-state index contributed by atoms with van der Waals surface area (Å²) >= 11 is 0. The first-order valence-electron chi connectivity index (χ1n) is 8.08. The van der Waals surface area contributed by atoms with Gasteiger partial charge in [-0.05, 0) is 47.2 Å². The Morgan fingerprint density at radius 1 is 1.18 bits per heavy atom. The maximum absolute atomic E-state index is 4.41. The molecule has 1 atom stereocenters. The normalized spacial score (nSPS) is 22.7. The van der Waals surface area contributed by atoms with Crippen LogP contribution in [0, 0.1) is 5.41 Å². The van der Waals surface area contributed by atoms with E-state index in [1.165, 1.54) is 18.4 Å². The number of hydrogen-bond donors (Lipinski definition) is 1. The lowest BCUT2D eigenvalue weighted by atomic mass is 9.68. The average Bonchev–Trinajstić information content (AvgIpc) is 2.96. The van der Waals surface area contributed by atoms with E-state index in [1.807, 2.05) is 10.7 Å². The number of nitrogens with zero attached hydrogens (tertiary/aromatic N) is 4. The van der Waals surface area contributed by atoms with Crippen molar-refractivity contribution < 1.29 is 0 Å². The summed E-state index contributed by atoms with van der Waals surface area (Å²) in [5.41, 5.74) is 1.11. The fraction of sp³-hybridized carbons (Fsp3) is 0.588. The van der Waals surface area contributed by atoms with Crippen LogP contribution in [0.4, 0.5) is 0 Å². The highest BCUT2D eigenvalue weighted by Crippen LogP contribution is 2.43. The van der Waals surface area contributed by atoms with Gasteiger partial charge in [0.1, 0.15) is 0 Å². The fourth-order valence-electron chi connectivity index (χ4n) is 3.44.